The standard InChI is InChI=1S/C26H35N3O/c1-5-15-27-16-18-28(19-17-27)20-24-9-8-10-25(21(24)4)22-11-13-23(14-12-22)26(30)29(6-2)7-3/h5,8-14H,1,6-7,15-20H2,2-4H3. The van der Waals surface area contributed by atoms with Gasteiger partial charge in [-0.2, -0.15) is 0 Å². The van der Waals surface area contributed by atoms with E-state index in [0.29, 0.717) is 0 Å². The number of carbonyl (C=O) groups excluding carboxylic acids is 1. The molecule has 0 unspecified atom stereocenters. The van der Waals surface area contributed by atoms with E-state index in [9.17, 15) is 4.79 Å². The van der Waals surface area contributed by atoms with Crippen LogP contribution in [0, 0.1) is 6.92 Å². The molecule has 160 valence electrons. The summed E-state index contributed by atoms with van der Waals surface area (Å²) in [5, 5.41) is 0. The number of rotatable bonds is 8. The maximum absolute atomic E-state index is 12.6. The first kappa shape index (κ1) is 22.3. The van der Waals surface area contributed by atoms with Crippen LogP contribution in [0.1, 0.15) is 35.3 Å². The van der Waals surface area contributed by atoms with Crippen molar-refractivity contribution < 1.29 is 4.79 Å². The number of amides is 1. The summed E-state index contributed by atoms with van der Waals surface area (Å²) in [4.78, 5) is 19.4. The summed E-state index contributed by atoms with van der Waals surface area (Å²) in [6.45, 7) is 17.9. The maximum Gasteiger partial charge on any atom is 0.253 e. The lowest BCUT2D eigenvalue weighted by molar-refractivity contribution is 0.0773. The van der Waals surface area contributed by atoms with Crippen LogP contribution in [-0.2, 0) is 6.54 Å². The molecule has 0 saturated carbocycles. The summed E-state index contributed by atoms with van der Waals surface area (Å²) in [5.74, 6) is 0.104. The van der Waals surface area contributed by atoms with Crippen molar-refractivity contribution in [3.63, 3.8) is 0 Å². The van der Waals surface area contributed by atoms with Gasteiger partial charge in [0.05, 0.1) is 0 Å². The van der Waals surface area contributed by atoms with Crippen LogP contribution in [0.25, 0.3) is 11.1 Å². The monoisotopic (exact) mass is 405 g/mol. The van der Waals surface area contributed by atoms with E-state index in [1.165, 1.54) is 22.3 Å². The fourth-order valence-corrected chi connectivity index (χ4v) is 4.21. The molecule has 3 rings (SSSR count). The van der Waals surface area contributed by atoms with E-state index in [2.05, 4.69) is 53.6 Å². The van der Waals surface area contributed by atoms with Gasteiger partial charge in [0.15, 0.2) is 0 Å². The van der Waals surface area contributed by atoms with Crippen LogP contribution in [0.15, 0.2) is 55.1 Å². The SMILES string of the molecule is C=CCN1CCN(Cc2cccc(-c3ccc(C(=O)N(CC)CC)cc3)c2C)CC1. The first-order valence-corrected chi connectivity index (χ1v) is 11.1. The van der Waals surface area contributed by atoms with Crippen molar-refractivity contribution in [2.75, 3.05) is 45.8 Å². The average Bonchev–Trinajstić information content (AvgIpc) is 2.77. The van der Waals surface area contributed by atoms with Crippen molar-refractivity contribution >= 4 is 5.91 Å². The zero-order valence-electron chi connectivity index (χ0n) is 18.7. The van der Waals surface area contributed by atoms with E-state index >= 15 is 0 Å². The van der Waals surface area contributed by atoms with Gasteiger partial charge in [-0.25, -0.2) is 0 Å². The molecule has 0 radical (unpaired) electrons. The molecule has 0 spiro atoms. The summed E-state index contributed by atoms with van der Waals surface area (Å²) in [7, 11) is 0. The second-order valence-electron chi connectivity index (χ2n) is 8.01. The number of hydrogen-bond acceptors (Lipinski definition) is 3. The molecule has 2 aromatic carbocycles. The van der Waals surface area contributed by atoms with E-state index in [4.69, 9.17) is 0 Å². The third-order valence-electron chi connectivity index (χ3n) is 6.19. The van der Waals surface area contributed by atoms with Crippen molar-refractivity contribution in [1.82, 2.24) is 14.7 Å². The lowest BCUT2D eigenvalue weighted by Crippen LogP contribution is -2.45. The number of carbonyl (C=O) groups is 1. The Kier molecular flexibility index (Phi) is 7.83. The fourth-order valence-electron chi connectivity index (χ4n) is 4.21. The average molecular weight is 406 g/mol. The Morgan fingerprint density at radius 1 is 1.00 bits per heavy atom. The molecule has 1 amide bonds. The van der Waals surface area contributed by atoms with Gasteiger partial charge >= 0.3 is 0 Å². The molecule has 1 aliphatic heterocycles. The summed E-state index contributed by atoms with van der Waals surface area (Å²) >= 11 is 0. The molecule has 30 heavy (non-hydrogen) atoms. The Hall–Kier alpha value is -2.43. The van der Waals surface area contributed by atoms with Crippen molar-refractivity contribution in [2.45, 2.75) is 27.3 Å². The van der Waals surface area contributed by atoms with Crippen molar-refractivity contribution in [2.24, 2.45) is 0 Å². The molecule has 4 heteroatoms. The Morgan fingerprint density at radius 2 is 1.63 bits per heavy atom. The summed E-state index contributed by atoms with van der Waals surface area (Å²) < 4.78 is 0. The Bertz CT molecular complexity index is 847. The largest absolute Gasteiger partial charge is 0.339 e. The molecule has 0 aromatic heterocycles. The molecular weight excluding hydrogens is 370 g/mol. The maximum atomic E-state index is 12.6. The topological polar surface area (TPSA) is 26.8 Å². The molecule has 1 saturated heterocycles. The van der Waals surface area contributed by atoms with E-state index in [1.807, 2.05) is 37.0 Å². The first-order chi connectivity index (χ1) is 14.6. The van der Waals surface area contributed by atoms with Gasteiger partial charge in [0.2, 0.25) is 0 Å². The van der Waals surface area contributed by atoms with Crippen LogP contribution >= 0.6 is 0 Å². The van der Waals surface area contributed by atoms with Crippen LogP contribution in [0.4, 0.5) is 0 Å². The minimum atomic E-state index is 0.104. The highest BCUT2D eigenvalue weighted by Crippen LogP contribution is 2.27. The van der Waals surface area contributed by atoms with E-state index in [-0.39, 0.29) is 5.91 Å². The highest BCUT2D eigenvalue weighted by molar-refractivity contribution is 5.94. The van der Waals surface area contributed by atoms with Crippen LogP contribution in [0.5, 0.6) is 0 Å². The smallest absolute Gasteiger partial charge is 0.253 e. The zero-order chi connectivity index (χ0) is 21.5. The van der Waals surface area contributed by atoms with E-state index < -0.39 is 0 Å². The lowest BCUT2D eigenvalue weighted by atomic mass is 9.95. The predicted octanol–water partition coefficient (Wildman–Crippen LogP) is 4.45. The number of benzene rings is 2. The molecule has 0 bridgehead atoms. The van der Waals surface area contributed by atoms with Crippen molar-refractivity contribution in [3.8, 4) is 11.1 Å². The van der Waals surface area contributed by atoms with Gasteiger partial charge in [0.1, 0.15) is 0 Å². The quantitative estimate of drug-likeness (QED) is 0.607. The fraction of sp³-hybridized carbons (Fsp3) is 0.423. The molecule has 0 aliphatic carbocycles. The summed E-state index contributed by atoms with van der Waals surface area (Å²) in [6, 6.07) is 14.7. The predicted molar refractivity (Wildman–Crippen MR) is 126 cm³/mol. The van der Waals surface area contributed by atoms with E-state index in [1.54, 1.807) is 0 Å². The Balaban J connectivity index is 1.72. The van der Waals surface area contributed by atoms with Gasteiger partial charge in [-0.1, -0.05) is 36.4 Å². The lowest BCUT2D eigenvalue weighted by Gasteiger charge is -2.34. The number of hydrogen-bond donors (Lipinski definition) is 0. The Morgan fingerprint density at radius 3 is 2.23 bits per heavy atom. The van der Waals surface area contributed by atoms with Crippen LogP contribution in [0.2, 0.25) is 0 Å². The van der Waals surface area contributed by atoms with Crippen LogP contribution < -0.4 is 0 Å². The second-order valence-corrected chi connectivity index (χ2v) is 8.01. The van der Waals surface area contributed by atoms with Gasteiger partial charge in [0.25, 0.3) is 5.91 Å². The summed E-state index contributed by atoms with van der Waals surface area (Å²) in [5.41, 5.74) is 5.89. The second kappa shape index (κ2) is 10.6. The van der Waals surface area contributed by atoms with Crippen LogP contribution in [0.3, 0.4) is 0 Å². The molecule has 0 N–H and O–H groups in total. The first-order valence-electron chi connectivity index (χ1n) is 11.1. The number of nitrogens with zero attached hydrogens (tertiary/aromatic N) is 3. The van der Waals surface area contributed by atoms with Gasteiger partial charge in [-0.05, 0) is 55.2 Å². The Labute approximate surface area is 181 Å². The highest BCUT2D eigenvalue weighted by atomic mass is 16.2. The molecule has 2 aromatic rings. The molecule has 0 atom stereocenters. The minimum Gasteiger partial charge on any atom is -0.339 e. The highest BCUT2D eigenvalue weighted by Gasteiger charge is 2.17. The normalized spacial score (nSPS) is 15.2. The number of piperazine rings is 1. The van der Waals surface area contributed by atoms with E-state index in [0.717, 1.165) is 57.9 Å². The molecule has 1 heterocycles. The van der Waals surface area contributed by atoms with Gasteiger partial charge in [-0.15, -0.1) is 6.58 Å². The summed E-state index contributed by atoms with van der Waals surface area (Å²) in [6.07, 6.45) is 1.99. The third-order valence-corrected chi connectivity index (χ3v) is 6.19. The van der Waals surface area contributed by atoms with Gasteiger partial charge in [0, 0.05) is 57.9 Å². The molecular formula is C26H35N3O. The van der Waals surface area contributed by atoms with Crippen molar-refractivity contribution in [1.29, 1.82) is 0 Å². The van der Waals surface area contributed by atoms with Gasteiger partial charge < -0.3 is 4.90 Å². The minimum absolute atomic E-state index is 0.104. The molecule has 1 fully saturated rings. The van der Waals surface area contributed by atoms with Gasteiger partial charge in [-0.3, -0.25) is 14.6 Å². The third kappa shape index (κ3) is 5.18. The van der Waals surface area contributed by atoms with Crippen LogP contribution in [-0.4, -0.2) is 66.4 Å². The molecule has 1 aliphatic rings. The molecule has 4 nitrogen and oxygen atoms in total. The zero-order valence-corrected chi connectivity index (χ0v) is 18.7. The van der Waals surface area contributed by atoms with Crippen molar-refractivity contribution in [3.05, 3.63) is 71.8 Å².